The van der Waals surface area contributed by atoms with E-state index in [1.807, 2.05) is 0 Å². The number of nitrogens with zero attached hydrogens (tertiary/aromatic N) is 2. The normalized spacial score (nSPS) is 15.6. The Hall–Kier alpha value is -2.75. The molecular formula is C11H8N2O7S. The Kier molecular flexibility index (Phi) is 3.26. The molecule has 0 saturated carbocycles. The van der Waals surface area contributed by atoms with E-state index in [2.05, 4.69) is 6.58 Å². The Balaban J connectivity index is 2.51. The predicted molar refractivity (Wildman–Crippen MR) is 68.1 cm³/mol. The molecule has 0 fully saturated rings. The second kappa shape index (κ2) is 4.66. The van der Waals surface area contributed by atoms with Gasteiger partial charge in [0.25, 0.3) is 21.6 Å². The van der Waals surface area contributed by atoms with Crippen molar-refractivity contribution in [1.82, 2.24) is 4.31 Å². The van der Waals surface area contributed by atoms with Crippen LogP contribution in [0.15, 0.2) is 35.2 Å². The maximum Gasteiger partial charge on any atom is 0.332 e. The van der Waals surface area contributed by atoms with E-state index >= 15 is 0 Å². The van der Waals surface area contributed by atoms with Crippen LogP contribution < -0.4 is 0 Å². The molecule has 0 aromatic heterocycles. The lowest BCUT2D eigenvalue weighted by molar-refractivity contribution is -0.384. The number of sulfonamides is 1. The number of rotatable bonds is 4. The highest BCUT2D eigenvalue weighted by atomic mass is 32.2. The average Bonchev–Trinajstić information content (AvgIpc) is 2.59. The third-order valence-electron chi connectivity index (χ3n) is 2.84. The van der Waals surface area contributed by atoms with Crippen molar-refractivity contribution in [1.29, 1.82) is 0 Å². The number of non-ortho nitro benzene ring substituents is 1. The number of hydrogen-bond acceptors (Lipinski definition) is 6. The number of carbonyl (C=O) groups is 2. The van der Waals surface area contributed by atoms with Gasteiger partial charge in [-0.1, -0.05) is 6.58 Å². The summed E-state index contributed by atoms with van der Waals surface area (Å²) in [7, 11) is -4.23. The van der Waals surface area contributed by atoms with E-state index in [1.54, 1.807) is 0 Å². The summed E-state index contributed by atoms with van der Waals surface area (Å²) in [6, 6.07) is 2.75. The minimum Gasteiger partial charge on any atom is -0.478 e. The molecular weight excluding hydrogens is 304 g/mol. The maximum absolute atomic E-state index is 12.1. The van der Waals surface area contributed by atoms with Crippen molar-refractivity contribution in [2.75, 3.05) is 6.54 Å². The molecule has 0 unspecified atom stereocenters. The summed E-state index contributed by atoms with van der Waals surface area (Å²) in [5, 5.41) is 19.4. The summed E-state index contributed by atoms with van der Waals surface area (Å²) < 4.78 is 24.6. The molecule has 1 N–H and O–H groups in total. The molecule has 1 aromatic rings. The van der Waals surface area contributed by atoms with Gasteiger partial charge in [0.05, 0.1) is 22.6 Å². The molecule has 0 atom stereocenters. The summed E-state index contributed by atoms with van der Waals surface area (Å²) in [5.74, 6) is -2.46. The van der Waals surface area contributed by atoms with Crippen molar-refractivity contribution in [2.45, 2.75) is 4.90 Å². The van der Waals surface area contributed by atoms with Gasteiger partial charge in [0.2, 0.25) is 0 Å². The van der Waals surface area contributed by atoms with E-state index in [1.165, 1.54) is 0 Å². The molecule has 0 bridgehead atoms. The average molecular weight is 312 g/mol. The predicted octanol–water partition coefficient (Wildman–Crippen LogP) is 0.380. The van der Waals surface area contributed by atoms with E-state index in [0.29, 0.717) is 4.31 Å². The first-order valence-corrected chi connectivity index (χ1v) is 6.87. The molecule has 1 aliphatic rings. The standard InChI is InChI=1S/C11H8N2O7S/c1-6(11(15)16)5-12-10(14)8-4-7(13(17)18)2-3-9(8)21(12,19)20/h2-4H,1,5H2,(H,15,16). The van der Waals surface area contributed by atoms with Crippen LogP contribution >= 0.6 is 0 Å². The second-order valence-corrected chi connectivity index (χ2v) is 5.99. The first-order chi connectivity index (χ1) is 9.66. The lowest BCUT2D eigenvalue weighted by Crippen LogP contribution is -2.33. The van der Waals surface area contributed by atoms with Crippen LogP contribution in [0.4, 0.5) is 5.69 Å². The number of carboxylic acids is 1. The van der Waals surface area contributed by atoms with E-state index in [4.69, 9.17) is 5.11 Å². The molecule has 0 aliphatic carbocycles. The van der Waals surface area contributed by atoms with Gasteiger partial charge < -0.3 is 5.11 Å². The summed E-state index contributed by atoms with van der Waals surface area (Å²) in [4.78, 5) is 32.2. The summed E-state index contributed by atoms with van der Waals surface area (Å²) in [6.07, 6.45) is 0. The zero-order valence-corrected chi connectivity index (χ0v) is 11.2. The Morgan fingerprint density at radius 3 is 2.57 bits per heavy atom. The van der Waals surface area contributed by atoms with Crippen molar-refractivity contribution < 1.29 is 28.0 Å². The third-order valence-corrected chi connectivity index (χ3v) is 4.62. The summed E-state index contributed by atoms with van der Waals surface area (Å²) in [6.45, 7) is 2.44. The van der Waals surface area contributed by atoms with Gasteiger partial charge in [-0.25, -0.2) is 17.5 Å². The van der Waals surface area contributed by atoms with E-state index in [0.717, 1.165) is 18.2 Å². The van der Waals surface area contributed by atoms with Crippen LogP contribution in [-0.2, 0) is 14.8 Å². The molecule has 1 aliphatic heterocycles. The highest BCUT2D eigenvalue weighted by Crippen LogP contribution is 2.33. The largest absolute Gasteiger partial charge is 0.478 e. The first kappa shape index (κ1) is 14.7. The van der Waals surface area contributed by atoms with Crippen LogP contribution in [0.25, 0.3) is 0 Å². The van der Waals surface area contributed by atoms with Crippen LogP contribution in [-0.4, -0.2) is 41.2 Å². The number of carboxylic acid groups (broad SMARTS) is 1. The van der Waals surface area contributed by atoms with E-state index in [-0.39, 0.29) is 5.56 Å². The van der Waals surface area contributed by atoms with Crippen LogP contribution in [0.5, 0.6) is 0 Å². The van der Waals surface area contributed by atoms with Gasteiger partial charge in [-0.15, -0.1) is 0 Å². The molecule has 21 heavy (non-hydrogen) atoms. The van der Waals surface area contributed by atoms with Crippen molar-refractivity contribution >= 4 is 27.6 Å². The minimum atomic E-state index is -4.23. The fourth-order valence-corrected chi connectivity index (χ4v) is 3.33. The third kappa shape index (κ3) is 2.25. The number of hydrogen-bond donors (Lipinski definition) is 1. The Labute approximate surface area is 118 Å². The summed E-state index contributed by atoms with van der Waals surface area (Å²) >= 11 is 0. The van der Waals surface area contributed by atoms with E-state index in [9.17, 15) is 28.1 Å². The molecule has 1 heterocycles. The zero-order chi connectivity index (χ0) is 15.9. The van der Waals surface area contributed by atoms with Gasteiger partial charge in [0.15, 0.2) is 0 Å². The van der Waals surface area contributed by atoms with Crippen LogP contribution in [0, 0.1) is 10.1 Å². The molecule has 0 saturated heterocycles. The first-order valence-electron chi connectivity index (χ1n) is 5.43. The van der Waals surface area contributed by atoms with Gasteiger partial charge in [-0.2, -0.15) is 0 Å². The number of nitro groups is 1. The van der Waals surface area contributed by atoms with E-state index < -0.39 is 49.5 Å². The van der Waals surface area contributed by atoms with Gasteiger partial charge in [0, 0.05) is 12.1 Å². The minimum absolute atomic E-state index is 0.331. The SMILES string of the molecule is C=C(CN1C(=O)c2cc([N+](=O)[O-])ccc2S1(=O)=O)C(=O)O. The van der Waals surface area contributed by atoms with Crippen LogP contribution in [0.2, 0.25) is 0 Å². The molecule has 10 heteroatoms. The second-order valence-electron chi connectivity index (χ2n) is 4.16. The Bertz CT molecular complexity index is 797. The maximum atomic E-state index is 12.1. The lowest BCUT2D eigenvalue weighted by Gasteiger charge is -2.14. The number of amides is 1. The van der Waals surface area contributed by atoms with Gasteiger partial charge in [0.1, 0.15) is 4.90 Å². The summed E-state index contributed by atoms with van der Waals surface area (Å²) in [5.41, 5.74) is -1.28. The van der Waals surface area contributed by atoms with Crippen molar-refractivity contribution in [2.24, 2.45) is 0 Å². The molecule has 110 valence electrons. The molecule has 1 aromatic carbocycles. The quantitative estimate of drug-likeness (QED) is 0.482. The zero-order valence-electron chi connectivity index (χ0n) is 10.3. The molecule has 0 spiro atoms. The Morgan fingerprint density at radius 1 is 1.43 bits per heavy atom. The van der Waals surface area contributed by atoms with Crippen LogP contribution in [0.1, 0.15) is 10.4 Å². The van der Waals surface area contributed by atoms with Gasteiger partial charge >= 0.3 is 5.97 Å². The fraction of sp³-hybridized carbons (Fsp3) is 0.0909. The van der Waals surface area contributed by atoms with Crippen LogP contribution in [0.3, 0.4) is 0 Å². The highest BCUT2D eigenvalue weighted by Gasteiger charge is 2.42. The molecule has 9 nitrogen and oxygen atoms in total. The van der Waals surface area contributed by atoms with Gasteiger partial charge in [-0.3, -0.25) is 14.9 Å². The van der Waals surface area contributed by atoms with Crippen molar-refractivity contribution in [3.05, 3.63) is 46.0 Å². The number of fused-ring (bicyclic) bond motifs is 1. The number of nitro benzene ring substituents is 1. The lowest BCUT2D eigenvalue weighted by atomic mass is 10.2. The molecule has 0 radical (unpaired) electrons. The van der Waals surface area contributed by atoms with Gasteiger partial charge in [-0.05, 0) is 6.07 Å². The number of benzene rings is 1. The number of carbonyl (C=O) groups excluding carboxylic acids is 1. The topological polar surface area (TPSA) is 135 Å². The van der Waals surface area contributed by atoms with Crippen molar-refractivity contribution in [3.63, 3.8) is 0 Å². The fourth-order valence-electron chi connectivity index (χ4n) is 1.78. The van der Waals surface area contributed by atoms with Crippen molar-refractivity contribution in [3.8, 4) is 0 Å². The molecule has 2 rings (SSSR count). The Morgan fingerprint density at radius 2 is 2.05 bits per heavy atom. The molecule has 1 amide bonds. The number of aliphatic carboxylic acids is 1. The smallest absolute Gasteiger partial charge is 0.332 e. The monoisotopic (exact) mass is 312 g/mol. The highest BCUT2D eigenvalue weighted by molar-refractivity contribution is 7.90.